The highest BCUT2D eigenvalue weighted by Crippen LogP contribution is 2.21. The number of nitrogens with one attached hydrogen (secondary N) is 1. The predicted molar refractivity (Wildman–Crippen MR) is 100 cm³/mol. The smallest absolute Gasteiger partial charge is 0.261 e. The Kier molecular flexibility index (Phi) is 6.62. The quantitative estimate of drug-likeness (QED) is 0.818. The van der Waals surface area contributed by atoms with Gasteiger partial charge in [-0.3, -0.25) is 4.79 Å². The van der Waals surface area contributed by atoms with Gasteiger partial charge >= 0.3 is 0 Å². The summed E-state index contributed by atoms with van der Waals surface area (Å²) >= 11 is 0. The number of para-hydroxylation sites is 1. The number of carbonyl (C=O) groups excluding carboxylic acids is 1. The third-order valence-electron chi connectivity index (χ3n) is 3.77. The first-order chi connectivity index (χ1) is 12.4. The number of nitriles is 1. The largest absolute Gasteiger partial charge is 0.491 e. The van der Waals surface area contributed by atoms with E-state index < -0.39 is 6.10 Å². The molecule has 1 N–H and O–H groups in total. The Labute approximate surface area is 154 Å². The van der Waals surface area contributed by atoms with Crippen molar-refractivity contribution in [2.45, 2.75) is 45.9 Å². The molecule has 2 unspecified atom stereocenters. The van der Waals surface area contributed by atoms with E-state index >= 15 is 0 Å². The lowest BCUT2D eigenvalue weighted by Crippen LogP contribution is -2.37. The van der Waals surface area contributed by atoms with Gasteiger partial charge in [0.05, 0.1) is 17.7 Å². The number of rotatable bonds is 7. The molecule has 1 amide bonds. The summed E-state index contributed by atoms with van der Waals surface area (Å²) in [6.07, 6.45) is -0.634. The minimum absolute atomic E-state index is 0.0868. The summed E-state index contributed by atoms with van der Waals surface area (Å²) in [4.78, 5) is 12.4. The molecular formula is C21H24N2O3. The summed E-state index contributed by atoms with van der Waals surface area (Å²) in [6.45, 7) is 7.50. The van der Waals surface area contributed by atoms with Crippen molar-refractivity contribution in [1.29, 1.82) is 5.26 Å². The van der Waals surface area contributed by atoms with Crippen LogP contribution in [-0.2, 0) is 4.79 Å². The van der Waals surface area contributed by atoms with Crippen LogP contribution in [-0.4, -0.2) is 18.1 Å². The number of amides is 1. The summed E-state index contributed by atoms with van der Waals surface area (Å²) in [5, 5.41) is 12.0. The number of hydrogen-bond acceptors (Lipinski definition) is 4. The Morgan fingerprint density at radius 1 is 1.04 bits per heavy atom. The second-order valence-corrected chi connectivity index (χ2v) is 6.34. The molecule has 5 heteroatoms. The van der Waals surface area contributed by atoms with Crippen molar-refractivity contribution >= 4 is 5.91 Å². The molecule has 2 aromatic carbocycles. The summed E-state index contributed by atoms with van der Waals surface area (Å²) in [5.41, 5.74) is 1.35. The lowest BCUT2D eigenvalue weighted by atomic mass is 10.1. The Morgan fingerprint density at radius 2 is 1.77 bits per heavy atom. The van der Waals surface area contributed by atoms with Crippen LogP contribution < -0.4 is 14.8 Å². The van der Waals surface area contributed by atoms with Gasteiger partial charge in [0.1, 0.15) is 17.6 Å². The molecule has 0 heterocycles. The molecule has 5 nitrogen and oxygen atoms in total. The van der Waals surface area contributed by atoms with Gasteiger partial charge in [-0.1, -0.05) is 24.3 Å². The summed E-state index contributed by atoms with van der Waals surface area (Å²) in [5.74, 6) is 0.920. The van der Waals surface area contributed by atoms with Crippen molar-refractivity contribution in [2.75, 3.05) is 0 Å². The topological polar surface area (TPSA) is 71.3 Å². The number of ether oxygens (including phenoxy) is 2. The molecule has 0 fully saturated rings. The van der Waals surface area contributed by atoms with Crippen molar-refractivity contribution < 1.29 is 14.3 Å². The molecule has 136 valence electrons. The highest BCUT2D eigenvalue weighted by Gasteiger charge is 2.19. The fourth-order valence-electron chi connectivity index (χ4n) is 2.45. The molecular weight excluding hydrogens is 328 g/mol. The summed E-state index contributed by atoms with van der Waals surface area (Å²) in [7, 11) is 0. The zero-order valence-electron chi connectivity index (χ0n) is 15.5. The second kappa shape index (κ2) is 8.91. The monoisotopic (exact) mass is 352 g/mol. The SMILES string of the molecule is CC(C)Oc1cccc(C(C)NC(=O)C(C)Oc2ccccc2C#N)c1. The molecule has 2 rings (SSSR count). The van der Waals surface area contributed by atoms with Crippen molar-refractivity contribution in [2.24, 2.45) is 0 Å². The first-order valence-electron chi connectivity index (χ1n) is 8.63. The van der Waals surface area contributed by atoms with Crippen LogP contribution >= 0.6 is 0 Å². The zero-order valence-corrected chi connectivity index (χ0v) is 15.5. The third-order valence-corrected chi connectivity index (χ3v) is 3.77. The third kappa shape index (κ3) is 5.25. The second-order valence-electron chi connectivity index (χ2n) is 6.34. The minimum atomic E-state index is -0.720. The van der Waals surface area contributed by atoms with Crippen molar-refractivity contribution in [3.63, 3.8) is 0 Å². The molecule has 26 heavy (non-hydrogen) atoms. The van der Waals surface area contributed by atoms with E-state index in [1.54, 1.807) is 31.2 Å². The van der Waals surface area contributed by atoms with Crippen molar-refractivity contribution in [3.05, 3.63) is 59.7 Å². The molecule has 2 aromatic rings. The minimum Gasteiger partial charge on any atom is -0.491 e. The lowest BCUT2D eigenvalue weighted by molar-refractivity contribution is -0.127. The molecule has 0 saturated heterocycles. The van der Waals surface area contributed by atoms with Crippen LogP contribution in [0, 0.1) is 11.3 Å². The maximum atomic E-state index is 12.4. The van der Waals surface area contributed by atoms with Crippen molar-refractivity contribution in [1.82, 2.24) is 5.32 Å². The molecule has 0 saturated carbocycles. The molecule has 0 aliphatic carbocycles. The number of carbonyl (C=O) groups is 1. The fourth-order valence-corrected chi connectivity index (χ4v) is 2.45. The maximum absolute atomic E-state index is 12.4. The normalized spacial score (nSPS) is 12.8. The van der Waals surface area contributed by atoms with Crippen LogP contribution in [0.1, 0.15) is 44.9 Å². The highest BCUT2D eigenvalue weighted by molar-refractivity contribution is 5.81. The molecule has 0 aliphatic rings. The van der Waals surface area contributed by atoms with Gasteiger partial charge < -0.3 is 14.8 Å². The van der Waals surface area contributed by atoms with E-state index in [4.69, 9.17) is 14.7 Å². The van der Waals surface area contributed by atoms with E-state index in [1.807, 2.05) is 45.0 Å². The van der Waals surface area contributed by atoms with E-state index in [2.05, 4.69) is 11.4 Å². The lowest BCUT2D eigenvalue weighted by Gasteiger charge is -2.20. The van der Waals surface area contributed by atoms with Gasteiger partial charge in [-0.15, -0.1) is 0 Å². The Balaban J connectivity index is 2.01. The van der Waals surface area contributed by atoms with Crippen LogP contribution in [0.15, 0.2) is 48.5 Å². The van der Waals surface area contributed by atoms with Crippen molar-refractivity contribution in [3.8, 4) is 17.6 Å². The van der Waals surface area contributed by atoms with Crippen LogP contribution in [0.3, 0.4) is 0 Å². The molecule has 0 aromatic heterocycles. The number of nitrogens with zero attached hydrogens (tertiary/aromatic N) is 1. The first-order valence-corrected chi connectivity index (χ1v) is 8.63. The van der Waals surface area contributed by atoms with E-state index in [9.17, 15) is 4.79 Å². The van der Waals surface area contributed by atoms with Gasteiger partial charge in [-0.25, -0.2) is 0 Å². The Morgan fingerprint density at radius 3 is 2.46 bits per heavy atom. The molecule has 0 spiro atoms. The van der Waals surface area contributed by atoms with E-state index in [0.717, 1.165) is 11.3 Å². The van der Waals surface area contributed by atoms with Gasteiger partial charge in [-0.2, -0.15) is 5.26 Å². The molecule has 2 atom stereocenters. The average molecular weight is 352 g/mol. The predicted octanol–water partition coefficient (Wildman–Crippen LogP) is 3.99. The average Bonchev–Trinajstić information content (AvgIpc) is 2.61. The van der Waals surface area contributed by atoms with Crippen LogP contribution in [0.4, 0.5) is 0 Å². The summed E-state index contributed by atoms with van der Waals surface area (Å²) < 4.78 is 11.3. The van der Waals surface area contributed by atoms with Gasteiger partial charge in [0.15, 0.2) is 6.10 Å². The van der Waals surface area contributed by atoms with Gasteiger partial charge in [0.25, 0.3) is 5.91 Å². The van der Waals surface area contributed by atoms with Crippen LogP contribution in [0.5, 0.6) is 11.5 Å². The van der Waals surface area contributed by atoms with Crippen LogP contribution in [0.25, 0.3) is 0 Å². The molecule has 0 bridgehead atoms. The fraction of sp³-hybridized carbons (Fsp3) is 0.333. The van der Waals surface area contributed by atoms with Gasteiger partial charge in [0.2, 0.25) is 0 Å². The maximum Gasteiger partial charge on any atom is 0.261 e. The standard InChI is InChI=1S/C21H24N2O3/c1-14(2)25-19-10-7-9-17(12-19)15(3)23-21(24)16(4)26-20-11-6-5-8-18(20)13-22/h5-12,14-16H,1-4H3,(H,23,24). The Hall–Kier alpha value is -3.00. The van der Waals surface area contributed by atoms with E-state index in [0.29, 0.717) is 11.3 Å². The number of benzene rings is 2. The van der Waals surface area contributed by atoms with Gasteiger partial charge in [-0.05, 0) is 57.5 Å². The number of hydrogen-bond donors (Lipinski definition) is 1. The van der Waals surface area contributed by atoms with Gasteiger partial charge in [0, 0.05) is 0 Å². The Bertz CT molecular complexity index is 796. The van der Waals surface area contributed by atoms with Crippen LogP contribution in [0.2, 0.25) is 0 Å². The summed E-state index contributed by atoms with van der Waals surface area (Å²) in [6, 6.07) is 16.4. The molecule has 0 aliphatic heterocycles. The van der Waals surface area contributed by atoms with E-state index in [1.165, 1.54) is 0 Å². The zero-order chi connectivity index (χ0) is 19.1. The molecule has 0 radical (unpaired) electrons. The first kappa shape index (κ1) is 19.3. The highest BCUT2D eigenvalue weighted by atomic mass is 16.5. The van der Waals surface area contributed by atoms with E-state index in [-0.39, 0.29) is 18.1 Å².